The van der Waals surface area contributed by atoms with Crippen molar-refractivity contribution in [2.45, 2.75) is 18.3 Å². The van der Waals surface area contributed by atoms with Crippen molar-refractivity contribution in [1.29, 1.82) is 0 Å². The van der Waals surface area contributed by atoms with Crippen LogP contribution in [0.15, 0.2) is 24.3 Å². The summed E-state index contributed by atoms with van der Waals surface area (Å²) >= 11 is 5.78. The maximum atomic E-state index is 12.0. The maximum absolute atomic E-state index is 12.0. The first-order valence-corrected chi connectivity index (χ1v) is 5.76. The first-order chi connectivity index (χ1) is 8.97. The lowest BCUT2D eigenvalue weighted by molar-refractivity contribution is -0.151. The van der Waals surface area contributed by atoms with Crippen LogP contribution in [0.2, 0.25) is 5.02 Å². The molecule has 0 unspecified atom stereocenters. The van der Waals surface area contributed by atoms with Crippen LogP contribution >= 0.6 is 11.6 Å². The molecule has 0 heterocycles. The molecule has 1 aromatic rings. The van der Waals surface area contributed by atoms with Crippen molar-refractivity contribution in [1.82, 2.24) is 0 Å². The van der Waals surface area contributed by atoms with Gasteiger partial charge in [0.2, 0.25) is 0 Å². The molecule has 3 nitrogen and oxygen atoms in total. The first kappa shape index (κ1) is 14.8. The van der Waals surface area contributed by atoms with Gasteiger partial charge >= 0.3 is 5.97 Å². The number of terminal acetylenes is 2. The Balaban J connectivity index is 3.44. The quantitative estimate of drug-likeness (QED) is 0.662. The van der Waals surface area contributed by atoms with E-state index in [2.05, 4.69) is 11.8 Å². The Labute approximate surface area is 116 Å². The minimum atomic E-state index is -1.56. The fourth-order valence-corrected chi connectivity index (χ4v) is 2.01. The molecule has 0 saturated carbocycles. The Morgan fingerprint density at radius 3 is 2.00 bits per heavy atom. The summed E-state index contributed by atoms with van der Waals surface area (Å²) in [6.07, 6.45) is 10.4. The smallest absolute Gasteiger partial charge is 0.373 e. The lowest BCUT2D eigenvalue weighted by Gasteiger charge is -2.27. The number of benzene rings is 1. The molecule has 0 atom stereocenters. The normalized spacial score (nSPS) is 10.3. The fourth-order valence-electron chi connectivity index (χ4n) is 1.88. The van der Waals surface area contributed by atoms with Gasteiger partial charge in [0.15, 0.2) is 0 Å². The molecule has 4 heteroatoms. The average molecular weight is 275 g/mol. The minimum Gasteiger partial charge on any atom is -0.475 e. The van der Waals surface area contributed by atoms with E-state index in [1.807, 2.05) is 0 Å². The fraction of sp³-hybridized carbons (Fsp3) is 0.200. The SMILES string of the molecule is C#CCC(CC#C)(C(=O)C(=O)O)c1ccc(Cl)cc1. The molecule has 0 aliphatic carbocycles. The average Bonchev–Trinajstić information content (AvgIpc) is 2.38. The van der Waals surface area contributed by atoms with Gasteiger partial charge in [0.05, 0.1) is 5.41 Å². The highest BCUT2D eigenvalue weighted by Gasteiger charge is 2.42. The number of hydrogen-bond acceptors (Lipinski definition) is 2. The molecule has 96 valence electrons. The second-order valence-corrected chi connectivity index (χ2v) is 4.42. The number of rotatable bonds is 5. The molecule has 0 amide bonds. The minimum absolute atomic E-state index is 0.0794. The summed E-state index contributed by atoms with van der Waals surface area (Å²) in [5.74, 6) is 2.10. The molecule has 0 fully saturated rings. The van der Waals surface area contributed by atoms with Crippen LogP contribution in [0.4, 0.5) is 0 Å². The molecule has 0 aliphatic heterocycles. The van der Waals surface area contributed by atoms with E-state index in [-0.39, 0.29) is 12.8 Å². The van der Waals surface area contributed by atoms with Crippen LogP contribution in [0.5, 0.6) is 0 Å². The molecule has 19 heavy (non-hydrogen) atoms. The molecule has 0 aromatic heterocycles. The van der Waals surface area contributed by atoms with Crippen LogP contribution in [0, 0.1) is 24.7 Å². The van der Waals surface area contributed by atoms with Crippen LogP contribution in [0.25, 0.3) is 0 Å². The van der Waals surface area contributed by atoms with Crippen LogP contribution in [-0.4, -0.2) is 16.9 Å². The summed E-state index contributed by atoms with van der Waals surface area (Å²) in [6.45, 7) is 0. The third-order valence-corrected chi connectivity index (χ3v) is 3.09. The standard InChI is InChI=1S/C15H11ClO3/c1-3-9-15(10-4-2,13(17)14(18)19)11-5-7-12(16)8-6-11/h1-2,5-8H,9-10H2,(H,18,19). The predicted molar refractivity (Wildman–Crippen MR) is 72.7 cm³/mol. The Morgan fingerprint density at radius 1 is 1.16 bits per heavy atom. The van der Waals surface area contributed by atoms with Crippen LogP contribution in [0.3, 0.4) is 0 Å². The number of carboxylic acids is 1. The molecule has 0 radical (unpaired) electrons. The second kappa shape index (κ2) is 6.09. The topological polar surface area (TPSA) is 54.4 Å². The van der Waals surface area contributed by atoms with Gasteiger partial charge in [-0.15, -0.1) is 24.7 Å². The predicted octanol–water partition coefficient (Wildman–Crippen LogP) is 2.28. The van der Waals surface area contributed by atoms with Gasteiger partial charge < -0.3 is 5.11 Å². The maximum Gasteiger partial charge on any atom is 0.373 e. The highest BCUT2D eigenvalue weighted by molar-refractivity contribution is 6.36. The van der Waals surface area contributed by atoms with Gasteiger partial charge in [-0.3, -0.25) is 4.79 Å². The van der Waals surface area contributed by atoms with E-state index < -0.39 is 17.2 Å². The summed E-state index contributed by atoms with van der Waals surface area (Å²) in [7, 11) is 0. The molecular formula is C15H11ClO3. The van der Waals surface area contributed by atoms with Crippen molar-refractivity contribution in [2.24, 2.45) is 0 Å². The lowest BCUT2D eigenvalue weighted by Crippen LogP contribution is -2.40. The number of Topliss-reactive ketones (excluding diaryl/α,β-unsaturated/α-hetero) is 1. The Bertz CT molecular complexity index is 557. The van der Waals surface area contributed by atoms with Gasteiger partial charge in [-0.1, -0.05) is 23.7 Å². The van der Waals surface area contributed by atoms with Gasteiger partial charge in [0, 0.05) is 17.9 Å². The van der Waals surface area contributed by atoms with E-state index in [9.17, 15) is 9.59 Å². The number of halogens is 1. The number of carbonyl (C=O) groups is 2. The van der Waals surface area contributed by atoms with Gasteiger partial charge in [0.1, 0.15) is 0 Å². The number of ketones is 1. The Morgan fingerprint density at radius 2 is 1.63 bits per heavy atom. The van der Waals surface area contributed by atoms with Gasteiger partial charge in [0.25, 0.3) is 5.78 Å². The summed E-state index contributed by atoms with van der Waals surface area (Å²) in [4.78, 5) is 23.0. The second-order valence-electron chi connectivity index (χ2n) is 3.99. The van der Waals surface area contributed by atoms with Gasteiger partial charge in [-0.05, 0) is 17.7 Å². The van der Waals surface area contributed by atoms with Crippen molar-refractivity contribution >= 4 is 23.4 Å². The third-order valence-electron chi connectivity index (χ3n) is 2.83. The first-order valence-electron chi connectivity index (χ1n) is 5.38. The molecule has 1 N–H and O–H groups in total. The number of aliphatic carboxylic acids is 1. The van der Waals surface area contributed by atoms with Crippen molar-refractivity contribution in [2.75, 3.05) is 0 Å². The molecule has 0 saturated heterocycles. The Hall–Kier alpha value is -2.23. The van der Waals surface area contributed by atoms with Gasteiger partial charge in [-0.25, -0.2) is 4.79 Å². The zero-order valence-corrected chi connectivity index (χ0v) is 10.8. The van der Waals surface area contributed by atoms with Crippen LogP contribution in [0.1, 0.15) is 18.4 Å². The molecule has 0 bridgehead atoms. The highest BCUT2D eigenvalue weighted by Crippen LogP contribution is 2.33. The van der Waals surface area contributed by atoms with E-state index in [4.69, 9.17) is 29.6 Å². The summed E-state index contributed by atoms with van der Waals surface area (Å²) in [5.41, 5.74) is -0.944. The van der Waals surface area contributed by atoms with Crippen molar-refractivity contribution < 1.29 is 14.7 Å². The van der Waals surface area contributed by atoms with Crippen molar-refractivity contribution in [3.05, 3.63) is 34.9 Å². The Kier molecular flexibility index (Phi) is 4.75. The monoisotopic (exact) mass is 274 g/mol. The summed E-state index contributed by atoms with van der Waals surface area (Å²) < 4.78 is 0. The van der Waals surface area contributed by atoms with Crippen LogP contribution < -0.4 is 0 Å². The third kappa shape index (κ3) is 2.96. The van der Waals surface area contributed by atoms with Crippen LogP contribution in [-0.2, 0) is 15.0 Å². The van der Waals surface area contributed by atoms with E-state index in [1.165, 1.54) is 0 Å². The number of carboxylic acid groups (broad SMARTS) is 1. The van der Waals surface area contributed by atoms with E-state index >= 15 is 0 Å². The molecule has 1 rings (SSSR count). The van der Waals surface area contributed by atoms with E-state index in [1.54, 1.807) is 24.3 Å². The highest BCUT2D eigenvalue weighted by atomic mass is 35.5. The van der Waals surface area contributed by atoms with Crippen molar-refractivity contribution in [3.8, 4) is 24.7 Å². The lowest BCUT2D eigenvalue weighted by atomic mass is 9.72. The molecule has 1 aromatic carbocycles. The largest absolute Gasteiger partial charge is 0.475 e. The number of hydrogen-bond donors (Lipinski definition) is 1. The summed E-state index contributed by atoms with van der Waals surface area (Å²) in [5, 5.41) is 9.45. The zero-order chi connectivity index (χ0) is 14.5. The zero-order valence-electron chi connectivity index (χ0n) is 10.0. The van der Waals surface area contributed by atoms with Crippen molar-refractivity contribution in [3.63, 3.8) is 0 Å². The molecular weight excluding hydrogens is 264 g/mol. The van der Waals surface area contributed by atoms with E-state index in [0.717, 1.165) is 0 Å². The van der Waals surface area contributed by atoms with Gasteiger partial charge in [-0.2, -0.15) is 0 Å². The molecule has 0 aliphatic rings. The molecule has 0 spiro atoms. The number of carbonyl (C=O) groups excluding carboxylic acids is 1. The summed E-state index contributed by atoms with van der Waals surface area (Å²) in [6, 6.07) is 6.26. The van der Waals surface area contributed by atoms with E-state index in [0.29, 0.717) is 10.6 Å².